The lowest BCUT2D eigenvalue weighted by molar-refractivity contribution is 0.738. The third-order valence-corrected chi connectivity index (χ3v) is 3.02. The normalized spacial score (nSPS) is 17.6. The molecule has 0 saturated heterocycles. The minimum absolute atomic E-state index is 0.599. The Balaban J connectivity index is 2.23. The summed E-state index contributed by atoms with van der Waals surface area (Å²) in [5.41, 5.74) is 1.28. The molecule has 0 atom stereocenters. The van der Waals surface area contributed by atoms with Crippen LogP contribution < -0.4 is 5.32 Å². The smallest absolute Gasteiger partial charge is 0.140 e. The van der Waals surface area contributed by atoms with E-state index in [1.54, 1.807) is 11.3 Å². The molecule has 1 aromatic heterocycles. The Kier molecular flexibility index (Phi) is 2.44. The molecule has 0 radical (unpaired) electrons. The SMILES string of the molecule is Clc1csc(C2=CCCNC2)n1. The zero-order chi connectivity index (χ0) is 8.39. The summed E-state index contributed by atoms with van der Waals surface area (Å²) in [6, 6.07) is 0. The first-order valence-electron chi connectivity index (χ1n) is 3.87. The van der Waals surface area contributed by atoms with Crippen molar-refractivity contribution in [2.45, 2.75) is 6.42 Å². The predicted octanol–water partition coefficient (Wildman–Crippen LogP) is 2.17. The molecule has 2 rings (SSSR count). The molecular formula is C8H9ClN2S. The Morgan fingerprint density at radius 3 is 3.08 bits per heavy atom. The van der Waals surface area contributed by atoms with Crippen molar-refractivity contribution in [3.63, 3.8) is 0 Å². The van der Waals surface area contributed by atoms with Gasteiger partial charge in [0.15, 0.2) is 0 Å². The van der Waals surface area contributed by atoms with Gasteiger partial charge >= 0.3 is 0 Å². The second-order valence-corrected chi connectivity index (χ2v) is 3.92. The third-order valence-electron chi connectivity index (χ3n) is 1.78. The summed E-state index contributed by atoms with van der Waals surface area (Å²) >= 11 is 7.34. The summed E-state index contributed by atoms with van der Waals surface area (Å²) < 4.78 is 0. The highest BCUT2D eigenvalue weighted by Crippen LogP contribution is 2.22. The zero-order valence-electron chi connectivity index (χ0n) is 6.51. The van der Waals surface area contributed by atoms with E-state index < -0.39 is 0 Å². The molecule has 0 bridgehead atoms. The van der Waals surface area contributed by atoms with Crippen LogP contribution in [0.4, 0.5) is 0 Å². The van der Waals surface area contributed by atoms with Gasteiger partial charge in [0.05, 0.1) is 0 Å². The van der Waals surface area contributed by atoms with Crippen LogP contribution in [0.15, 0.2) is 11.5 Å². The van der Waals surface area contributed by atoms with E-state index in [-0.39, 0.29) is 0 Å². The van der Waals surface area contributed by atoms with Crippen LogP contribution in [-0.4, -0.2) is 18.1 Å². The summed E-state index contributed by atoms with van der Waals surface area (Å²) in [6.45, 7) is 1.99. The van der Waals surface area contributed by atoms with E-state index in [1.165, 1.54) is 5.57 Å². The maximum atomic E-state index is 5.73. The van der Waals surface area contributed by atoms with Gasteiger partial charge < -0.3 is 5.32 Å². The van der Waals surface area contributed by atoms with Crippen molar-refractivity contribution in [2.75, 3.05) is 13.1 Å². The average molecular weight is 201 g/mol. The molecule has 1 aliphatic rings. The van der Waals surface area contributed by atoms with Crippen LogP contribution in [-0.2, 0) is 0 Å². The quantitative estimate of drug-likeness (QED) is 0.752. The average Bonchev–Trinajstić information content (AvgIpc) is 2.54. The molecule has 1 N–H and O–H groups in total. The van der Waals surface area contributed by atoms with Crippen LogP contribution in [0.3, 0.4) is 0 Å². The van der Waals surface area contributed by atoms with Crippen LogP contribution in [0.2, 0.25) is 5.15 Å². The molecule has 2 nitrogen and oxygen atoms in total. The number of hydrogen-bond donors (Lipinski definition) is 1. The van der Waals surface area contributed by atoms with Gasteiger partial charge in [-0.25, -0.2) is 4.98 Å². The fourth-order valence-electron chi connectivity index (χ4n) is 1.21. The first-order chi connectivity index (χ1) is 5.86. The van der Waals surface area contributed by atoms with Crippen LogP contribution in [0.25, 0.3) is 5.57 Å². The first-order valence-corrected chi connectivity index (χ1v) is 5.13. The Labute approximate surface area is 80.3 Å². The molecule has 0 aliphatic carbocycles. The van der Waals surface area contributed by atoms with Gasteiger partial charge in [0.2, 0.25) is 0 Å². The van der Waals surface area contributed by atoms with E-state index in [4.69, 9.17) is 11.6 Å². The summed E-state index contributed by atoms with van der Waals surface area (Å²) in [5.74, 6) is 0. The standard InChI is InChI=1S/C8H9ClN2S/c9-7-5-12-8(11-7)6-2-1-3-10-4-6/h2,5,10H,1,3-4H2. The molecule has 0 spiro atoms. The largest absolute Gasteiger partial charge is 0.312 e. The number of rotatable bonds is 1. The van der Waals surface area contributed by atoms with Crippen LogP contribution >= 0.6 is 22.9 Å². The molecule has 0 aromatic carbocycles. The van der Waals surface area contributed by atoms with Crippen molar-refractivity contribution < 1.29 is 0 Å². The number of hydrogen-bond acceptors (Lipinski definition) is 3. The molecule has 0 fully saturated rings. The summed E-state index contributed by atoms with van der Waals surface area (Å²) in [4.78, 5) is 4.21. The number of aromatic nitrogens is 1. The molecule has 0 amide bonds. The molecule has 0 unspecified atom stereocenters. The van der Waals surface area contributed by atoms with Gasteiger partial charge in [-0.15, -0.1) is 11.3 Å². The lowest BCUT2D eigenvalue weighted by Gasteiger charge is -2.11. The molecular weight excluding hydrogens is 192 g/mol. The lowest BCUT2D eigenvalue weighted by atomic mass is 10.2. The minimum atomic E-state index is 0.599. The van der Waals surface area contributed by atoms with E-state index in [2.05, 4.69) is 16.4 Å². The van der Waals surface area contributed by atoms with Crippen LogP contribution in [0, 0.1) is 0 Å². The van der Waals surface area contributed by atoms with E-state index in [0.717, 1.165) is 24.5 Å². The first kappa shape index (κ1) is 8.23. The van der Waals surface area contributed by atoms with Gasteiger partial charge in [0, 0.05) is 11.9 Å². The lowest BCUT2D eigenvalue weighted by Crippen LogP contribution is -2.21. The van der Waals surface area contributed by atoms with Crippen molar-refractivity contribution in [1.82, 2.24) is 10.3 Å². The molecule has 1 aliphatic heterocycles. The van der Waals surface area contributed by atoms with E-state index >= 15 is 0 Å². The number of thiazole rings is 1. The van der Waals surface area contributed by atoms with Gasteiger partial charge in [0.1, 0.15) is 10.2 Å². The van der Waals surface area contributed by atoms with E-state index in [9.17, 15) is 0 Å². The second-order valence-electron chi connectivity index (χ2n) is 2.67. The van der Waals surface area contributed by atoms with Crippen LogP contribution in [0.5, 0.6) is 0 Å². The van der Waals surface area contributed by atoms with Crippen molar-refractivity contribution in [1.29, 1.82) is 0 Å². The summed E-state index contributed by atoms with van der Waals surface area (Å²) in [7, 11) is 0. The van der Waals surface area contributed by atoms with Crippen LogP contribution in [0.1, 0.15) is 11.4 Å². The summed E-state index contributed by atoms with van der Waals surface area (Å²) in [5, 5.41) is 6.81. The highest BCUT2D eigenvalue weighted by Gasteiger charge is 2.08. The third kappa shape index (κ3) is 1.68. The molecule has 12 heavy (non-hydrogen) atoms. The van der Waals surface area contributed by atoms with E-state index in [0.29, 0.717) is 5.15 Å². The fraction of sp³-hybridized carbons (Fsp3) is 0.375. The van der Waals surface area contributed by atoms with Gasteiger partial charge in [-0.2, -0.15) is 0 Å². The highest BCUT2D eigenvalue weighted by atomic mass is 35.5. The minimum Gasteiger partial charge on any atom is -0.312 e. The van der Waals surface area contributed by atoms with Gasteiger partial charge in [-0.05, 0) is 18.5 Å². The monoisotopic (exact) mass is 200 g/mol. The predicted molar refractivity (Wildman–Crippen MR) is 52.6 cm³/mol. The number of halogens is 1. The zero-order valence-corrected chi connectivity index (χ0v) is 8.08. The van der Waals surface area contributed by atoms with Crippen molar-refractivity contribution in [2.24, 2.45) is 0 Å². The van der Waals surface area contributed by atoms with Crippen molar-refractivity contribution >= 4 is 28.5 Å². The molecule has 0 saturated carbocycles. The molecule has 1 aromatic rings. The van der Waals surface area contributed by atoms with Gasteiger partial charge in [-0.3, -0.25) is 0 Å². The van der Waals surface area contributed by atoms with Crippen molar-refractivity contribution in [3.05, 3.63) is 21.6 Å². The number of nitrogens with one attached hydrogen (secondary N) is 1. The van der Waals surface area contributed by atoms with Crippen molar-refractivity contribution in [3.8, 4) is 0 Å². The molecule has 64 valence electrons. The Morgan fingerprint density at radius 1 is 1.58 bits per heavy atom. The number of nitrogens with zero attached hydrogens (tertiary/aromatic N) is 1. The van der Waals surface area contributed by atoms with Gasteiger partial charge in [-0.1, -0.05) is 17.7 Å². The maximum Gasteiger partial charge on any atom is 0.140 e. The second kappa shape index (κ2) is 3.56. The molecule has 4 heteroatoms. The highest BCUT2D eigenvalue weighted by molar-refractivity contribution is 7.11. The van der Waals surface area contributed by atoms with E-state index in [1.807, 2.05) is 5.38 Å². The topological polar surface area (TPSA) is 24.9 Å². The Bertz CT molecular complexity index is 306. The van der Waals surface area contributed by atoms with Gasteiger partial charge in [0.25, 0.3) is 0 Å². The Morgan fingerprint density at radius 2 is 2.50 bits per heavy atom. The Hall–Kier alpha value is -0.380. The summed E-state index contributed by atoms with van der Waals surface area (Å²) in [6.07, 6.45) is 3.32. The molecule has 2 heterocycles. The maximum absolute atomic E-state index is 5.73. The fourth-order valence-corrected chi connectivity index (χ4v) is 2.20.